The van der Waals surface area contributed by atoms with Gasteiger partial charge in [0.05, 0.1) is 18.3 Å². The Labute approximate surface area is 68.6 Å². The van der Waals surface area contributed by atoms with Crippen LogP contribution in [0.15, 0.2) is 0 Å². The first kappa shape index (κ1) is 9.01. The first-order chi connectivity index (χ1) is 5.09. The molecule has 1 rings (SSSR count). The average molecular weight is 158 g/mol. The summed E-state index contributed by atoms with van der Waals surface area (Å²) in [6.45, 7) is 6.02. The molecule has 66 valence electrons. The maximum Gasteiger partial charge on any atom is 0.0554 e. The van der Waals surface area contributed by atoms with E-state index in [0.717, 1.165) is 12.8 Å². The molecule has 1 heterocycles. The quantitative estimate of drug-likeness (QED) is 0.627. The van der Waals surface area contributed by atoms with Crippen molar-refractivity contribution in [1.82, 2.24) is 0 Å². The van der Waals surface area contributed by atoms with E-state index >= 15 is 0 Å². The molecule has 3 unspecified atom stereocenters. The summed E-state index contributed by atoms with van der Waals surface area (Å²) in [5.41, 5.74) is 0. The molecule has 0 aromatic heterocycles. The van der Waals surface area contributed by atoms with E-state index in [2.05, 4.69) is 13.8 Å². The summed E-state index contributed by atoms with van der Waals surface area (Å²) in [6.07, 6.45) is 2.46. The van der Waals surface area contributed by atoms with Crippen LogP contribution in [0.3, 0.4) is 0 Å². The Balaban J connectivity index is 2.43. The van der Waals surface area contributed by atoms with Crippen molar-refractivity contribution in [3.8, 4) is 0 Å². The van der Waals surface area contributed by atoms with Gasteiger partial charge >= 0.3 is 0 Å². The Morgan fingerprint density at radius 1 is 1.27 bits per heavy atom. The van der Waals surface area contributed by atoms with Gasteiger partial charge in [0.15, 0.2) is 0 Å². The van der Waals surface area contributed by atoms with Gasteiger partial charge in [0.25, 0.3) is 0 Å². The Morgan fingerprint density at radius 2 is 1.73 bits per heavy atom. The molecule has 0 aromatic carbocycles. The first-order valence-corrected chi connectivity index (χ1v) is 4.43. The van der Waals surface area contributed by atoms with Gasteiger partial charge in [-0.2, -0.15) is 0 Å². The fraction of sp³-hybridized carbons (Fsp3) is 1.00. The predicted molar refractivity (Wildman–Crippen MR) is 44.4 cm³/mol. The van der Waals surface area contributed by atoms with E-state index in [1.807, 2.05) is 6.92 Å². The van der Waals surface area contributed by atoms with Crippen molar-refractivity contribution in [2.24, 2.45) is 5.92 Å². The molecule has 2 heteroatoms. The maximum absolute atomic E-state index is 9.36. The van der Waals surface area contributed by atoms with Crippen molar-refractivity contribution in [3.63, 3.8) is 0 Å². The van der Waals surface area contributed by atoms with E-state index in [9.17, 15) is 5.11 Å². The van der Waals surface area contributed by atoms with Crippen LogP contribution in [0.4, 0.5) is 0 Å². The summed E-state index contributed by atoms with van der Waals surface area (Å²) in [7, 11) is 0. The Bertz CT molecular complexity index is 113. The van der Waals surface area contributed by atoms with Crippen LogP contribution in [-0.2, 0) is 4.74 Å². The van der Waals surface area contributed by atoms with Crippen LogP contribution in [0.25, 0.3) is 0 Å². The molecule has 0 aromatic rings. The lowest BCUT2D eigenvalue weighted by Gasteiger charge is -2.33. The Hall–Kier alpha value is -0.0800. The zero-order valence-corrected chi connectivity index (χ0v) is 7.58. The lowest BCUT2D eigenvalue weighted by atomic mass is 9.89. The minimum atomic E-state index is -0.177. The van der Waals surface area contributed by atoms with Gasteiger partial charge in [-0.05, 0) is 39.5 Å². The molecule has 0 radical (unpaired) electrons. The van der Waals surface area contributed by atoms with Crippen LogP contribution in [0.1, 0.15) is 33.6 Å². The summed E-state index contributed by atoms with van der Waals surface area (Å²) in [5.74, 6) is 0.439. The van der Waals surface area contributed by atoms with Crippen LogP contribution >= 0.6 is 0 Å². The number of hydrogen-bond acceptors (Lipinski definition) is 2. The zero-order chi connectivity index (χ0) is 8.43. The van der Waals surface area contributed by atoms with Crippen molar-refractivity contribution in [3.05, 3.63) is 0 Å². The fourth-order valence-electron chi connectivity index (χ4n) is 1.85. The van der Waals surface area contributed by atoms with E-state index in [0.29, 0.717) is 18.1 Å². The lowest BCUT2D eigenvalue weighted by molar-refractivity contribution is -0.0753. The summed E-state index contributed by atoms with van der Waals surface area (Å²) in [6, 6.07) is 0. The highest BCUT2D eigenvalue weighted by Crippen LogP contribution is 2.26. The maximum atomic E-state index is 9.36. The average Bonchev–Trinajstić information content (AvgIpc) is 1.85. The second-order valence-electron chi connectivity index (χ2n) is 3.73. The highest BCUT2D eigenvalue weighted by molar-refractivity contribution is 4.76. The van der Waals surface area contributed by atoms with Crippen molar-refractivity contribution in [2.75, 3.05) is 0 Å². The summed E-state index contributed by atoms with van der Waals surface area (Å²) >= 11 is 0. The molecule has 3 atom stereocenters. The largest absolute Gasteiger partial charge is 0.393 e. The second-order valence-corrected chi connectivity index (χ2v) is 3.73. The molecule has 2 nitrogen and oxygen atoms in total. The predicted octanol–water partition coefficient (Wildman–Crippen LogP) is 1.57. The van der Waals surface area contributed by atoms with Gasteiger partial charge in [-0.3, -0.25) is 0 Å². The van der Waals surface area contributed by atoms with Crippen LogP contribution in [-0.4, -0.2) is 23.4 Å². The van der Waals surface area contributed by atoms with Crippen molar-refractivity contribution < 1.29 is 9.84 Å². The highest BCUT2D eigenvalue weighted by atomic mass is 16.5. The molecule has 1 fully saturated rings. The van der Waals surface area contributed by atoms with Gasteiger partial charge in [0.1, 0.15) is 0 Å². The van der Waals surface area contributed by atoms with Crippen molar-refractivity contribution in [2.45, 2.75) is 51.9 Å². The lowest BCUT2D eigenvalue weighted by Crippen LogP contribution is -2.34. The minimum Gasteiger partial charge on any atom is -0.393 e. The van der Waals surface area contributed by atoms with Gasteiger partial charge in [-0.25, -0.2) is 0 Å². The molecule has 0 bridgehead atoms. The van der Waals surface area contributed by atoms with Gasteiger partial charge < -0.3 is 9.84 Å². The highest BCUT2D eigenvalue weighted by Gasteiger charge is 2.27. The molecule has 0 amide bonds. The number of aliphatic hydroxyl groups excluding tert-OH is 1. The third-order valence-corrected chi connectivity index (χ3v) is 2.42. The monoisotopic (exact) mass is 158 g/mol. The summed E-state index contributed by atoms with van der Waals surface area (Å²) in [5, 5.41) is 9.36. The Morgan fingerprint density at radius 3 is 2.09 bits per heavy atom. The summed E-state index contributed by atoms with van der Waals surface area (Å²) < 4.78 is 5.56. The van der Waals surface area contributed by atoms with E-state index in [1.54, 1.807) is 0 Å². The second kappa shape index (κ2) is 3.55. The summed E-state index contributed by atoms with van der Waals surface area (Å²) in [4.78, 5) is 0. The van der Waals surface area contributed by atoms with Crippen molar-refractivity contribution >= 4 is 0 Å². The van der Waals surface area contributed by atoms with Crippen LogP contribution < -0.4 is 0 Å². The van der Waals surface area contributed by atoms with Gasteiger partial charge in [0.2, 0.25) is 0 Å². The zero-order valence-electron chi connectivity index (χ0n) is 7.58. The van der Waals surface area contributed by atoms with Crippen LogP contribution in [0.2, 0.25) is 0 Å². The van der Waals surface area contributed by atoms with E-state index in [1.165, 1.54) is 0 Å². The van der Waals surface area contributed by atoms with Crippen LogP contribution in [0.5, 0.6) is 0 Å². The first-order valence-electron chi connectivity index (χ1n) is 4.43. The normalized spacial score (nSPS) is 42.0. The molecule has 1 saturated heterocycles. The molecular weight excluding hydrogens is 140 g/mol. The van der Waals surface area contributed by atoms with E-state index in [4.69, 9.17) is 4.74 Å². The number of rotatable bonds is 1. The molecule has 11 heavy (non-hydrogen) atoms. The standard InChI is InChI=1S/C9H18O2/c1-6-4-9(8(3)10)5-7(2)11-6/h6-10H,4-5H2,1-3H3. The molecule has 0 spiro atoms. The van der Waals surface area contributed by atoms with Gasteiger partial charge in [0, 0.05) is 0 Å². The molecule has 1 N–H and O–H groups in total. The van der Waals surface area contributed by atoms with E-state index in [-0.39, 0.29) is 6.10 Å². The van der Waals surface area contributed by atoms with Crippen molar-refractivity contribution in [1.29, 1.82) is 0 Å². The van der Waals surface area contributed by atoms with E-state index < -0.39 is 0 Å². The Kier molecular flexibility index (Phi) is 2.90. The number of hydrogen-bond donors (Lipinski definition) is 1. The third kappa shape index (κ3) is 2.46. The third-order valence-electron chi connectivity index (χ3n) is 2.42. The smallest absolute Gasteiger partial charge is 0.0554 e. The molecule has 0 aliphatic carbocycles. The SMILES string of the molecule is CC1CC(C(C)O)CC(C)O1. The number of aliphatic hydroxyl groups is 1. The molecule has 1 aliphatic heterocycles. The van der Waals surface area contributed by atoms with Gasteiger partial charge in [-0.15, -0.1) is 0 Å². The fourth-order valence-corrected chi connectivity index (χ4v) is 1.85. The minimum absolute atomic E-state index is 0.177. The number of ether oxygens (including phenoxy) is 1. The molecule has 1 aliphatic rings. The van der Waals surface area contributed by atoms with Gasteiger partial charge in [-0.1, -0.05) is 0 Å². The molecule has 0 saturated carbocycles. The van der Waals surface area contributed by atoms with Crippen LogP contribution in [0, 0.1) is 5.92 Å². The molecular formula is C9H18O2. The topological polar surface area (TPSA) is 29.5 Å².